The van der Waals surface area contributed by atoms with E-state index in [1.165, 1.54) is 23.0 Å². The molecule has 1 saturated heterocycles. The highest BCUT2D eigenvalue weighted by molar-refractivity contribution is 7.99. The van der Waals surface area contributed by atoms with Crippen molar-refractivity contribution in [3.8, 4) is 11.1 Å². The lowest BCUT2D eigenvalue weighted by Gasteiger charge is -2.26. The topological polar surface area (TPSA) is 125 Å². The number of aliphatic carboxylic acids is 1. The first kappa shape index (κ1) is 23.0. The monoisotopic (exact) mass is 492 g/mol. The van der Waals surface area contributed by atoms with Gasteiger partial charge in [0.05, 0.1) is 12.2 Å². The first-order valence-electron chi connectivity index (χ1n) is 11.2. The van der Waals surface area contributed by atoms with Gasteiger partial charge >= 0.3 is 12.1 Å². The van der Waals surface area contributed by atoms with E-state index in [-0.39, 0.29) is 24.8 Å². The van der Waals surface area contributed by atoms with Gasteiger partial charge in [-0.15, -0.1) is 11.8 Å². The fourth-order valence-corrected chi connectivity index (χ4v) is 5.82. The van der Waals surface area contributed by atoms with Crippen LogP contribution in [0.1, 0.15) is 22.7 Å². The molecule has 2 amide bonds. The minimum Gasteiger partial charge on any atom is -0.480 e. The molecule has 5 rings (SSSR count). The predicted octanol–water partition coefficient (Wildman–Crippen LogP) is 2.85. The number of nitrogens with one attached hydrogen (secondary N) is 2. The summed E-state index contributed by atoms with van der Waals surface area (Å²) >= 11 is 1.37. The number of benzene rings is 2. The second-order valence-electron chi connectivity index (χ2n) is 8.47. The van der Waals surface area contributed by atoms with Gasteiger partial charge in [0.25, 0.3) is 0 Å². The molecule has 10 heteroatoms. The van der Waals surface area contributed by atoms with Crippen molar-refractivity contribution in [2.45, 2.75) is 24.4 Å². The second kappa shape index (κ2) is 9.83. The van der Waals surface area contributed by atoms with E-state index in [0.717, 1.165) is 22.3 Å². The van der Waals surface area contributed by atoms with E-state index in [2.05, 4.69) is 27.4 Å². The zero-order valence-electron chi connectivity index (χ0n) is 18.7. The van der Waals surface area contributed by atoms with Gasteiger partial charge in [-0.05, 0) is 22.3 Å². The number of H-pyrrole nitrogens is 1. The SMILES string of the molecule is O=C(N[C@H](Cc1cnc[nH]1)C(=O)N1CSC[C@H]1C(=O)O)OCC1c2ccccc2-c2ccccc21. The number of hydrogen-bond acceptors (Lipinski definition) is 6. The lowest BCUT2D eigenvalue weighted by atomic mass is 9.98. The number of thioether (sulfide) groups is 1. The standard InChI is InChI=1S/C25H24N4O5S/c30-23(29-14-35-12-22(29)24(31)32)21(9-15-10-26-13-27-15)28-25(33)34-11-20-18-7-3-1-5-16(18)17-6-2-4-8-19(17)20/h1-8,10,13,20-22H,9,11-12,14H2,(H,26,27)(H,28,33)(H,31,32)/t21-,22+/m1/s1. The average molecular weight is 493 g/mol. The number of hydrogen-bond donors (Lipinski definition) is 3. The molecule has 1 aromatic heterocycles. The van der Waals surface area contributed by atoms with E-state index >= 15 is 0 Å². The van der Waals surface area contributed by atoms with Gasteiger partial charge in [-0.1, -0.05) is 48.5 Å². The molecular weight excluding hydrogens is 468 g/mol. The van der Waals surface area contributed by atoms with Crippen LogP contribution in [0.2, 0.25) is 0 Å². The van der Waals surface area contributed by atoms with Crippen LogP contribution in [-0.4, -0.2) is 68.3 Å². The van der Waals surface area contributed by atoms with Crippen molar-refractivity contribution in [3.05, 3.63) is 77.9 Å². The number of carboxylic acid groups (broad SMARTS) is 1. The molecule has 2 heterocycles. The maximum Gasteiger partial charge on any atom is 0.407 e. The number of ether oxygens (including phenoxy) is 1. The summed E-state index contributed by atoms with van der Waals surface area (Å²) in [5.74, 6) is -1.08. The zero-order valence-corrected chi connectivity index (χ0v) is 19.5. The number of amides is 2. The van der Waals surface area contributed by atoms with Crippen LogP contribution in [0.15, 0.2) is 61.1 Å². The van der Waals surface area contributed by atoms with Crippen molar-refractivity contribution < 1.29 is 24.2 Å². The van der Waals surface area contributed by atoms with Gasteiger partial charge in [-0.25, -0.2) is 14.6 Å². The highest BCUT2D eigenvalue weighted by Gasteiger charge is 2.38. The lowest BCUT2D eigenvalue weighted by molar-refractivity contribution is -0.148. The fourth-order valence-electron chi connectivity index (χ4n) is 4.66. The molecule has 0 unspecified atom stereocenters. The van der Waals surface area contributed by atoms with E-state index in [1.807, 2.05) is 36.4 Å². The van der Waals surface area contributed by atoms with Crippen molar-refractivity contribution in [1.29, 1.82) is 0 Å². The van der Waals surface area contributed by atoms with Crippen LogP contribution < -0.4 is 5.32 Å². The highest BCUT2D eigenvalue weighted by Crippen LogP contribution is 2.44. The largest absolute Gasteiger partial charge is 0.480 e. The summed E-state index contributed by atoms with van der Waals surface area (Å²) < 4.78 is 5.61. The molecule has 0 bridgehead atoms. The predicted molar refractivity (Wildman–Crippen MR) is 130 cm³/mol. The van der Waals surface area contributed by atoms with Crippen molar-refractivity contribution in [2.75, 3.05) is 18.2 Å². The molecular formula is C25H24N4O5S. The number of fused-ring (bicyclic) bond motifs is 3. The van der Waals surface area contributed by atoms with Gasteiger partial charge in [0.2, 0.25) is 5.91 Å². The van der Waals surface area contributed by atoms with Crippen LogP contribution in [0, 0.1) is 0 Å². The number of carbonyl (C=O) groups is 3. The molecule has 9 nitrogen and oxygen atoms in total. The number of carbonyl (C=O) groups excluding carboxylic acids is 2. The average Bonchev–Trinajstić information content (AvgIpc) is 3.61. The Kier molecular flexibility index (Phi) is 6.45. The minimum absolute atomic E-state index is 0.110. The molecule has 35 heavy (non-hydrogen) atoms. The van der Waals surface area contributed by atoms with Crippen LogP contribution in [0.25, 0.3) is 11.1 Å². The Labute approximate surface area is 205 Å². The Morgan fingerprint density at radius 3 is 2.46 bits per heavy atom. The third-order valence-corrected chi connectivity index (χ3v) is 7.38. The minimum atomic E-state index is -1.07. The van der Waals surface area contributed by atoms with E-state index in [4.69, 9.17) is 4.74 Å². The molecule has 0 spiro atoms. The maximum atomic E-state index is 13.3. The summed E-state index contributed by atoms with van der Waals surface area (Å²) in [6, 6.07) is 14.1. The summed E-state index contributed by atoms with van der Waals surface area (Å²) in [6.07, 6.45) is 2.45. The summed E-state index contributed by atoms with van der Waals surface area (Å²) in [5, 5.41) is 12.1. The fraction of sp³-hybridized carbons (Fsp3) is 0.280. The summed E-state index contributed by atoms with van der Waals surface area (Å²) in [4.78, 5) is 45.9. The Hall–Kier alpha value is -3.79. The number of nitrogens with zero attached hydrogens (tertiary/aromatic N) is 2. The van der Waals surface area contributed by atoms with Gasteiger partial charge in [-0.2, -0.15) is 0 Å². The third-order valence-electron chi connectivity index (χ3n) is 6.36. The number of aromatic nitrogens is 2. The van der Waals surface area contributed by atoms with Gasteiger partial charge < -0.3 is 25.0 Å². The molecule has 1 aliphatic carbocycles. The van der Waals surface area contributed by atoms with Crippen LogP contribution in [0.4, 0.5) is 4.79 Å². The van der Waals surface area contributed by atoms with E-state index in [1.54, 1.807) is 6.20 Å². The Bertz CT molecular complexity index is 1200. The molecule has 2 aliphatic rings. The molecule has 0 radical (unpaired) electrons. The van der Waals surface area contributed by atoms with Gasteiger partial charge in [0.15, 0.2) is 0 Å². The van der Waals surface area contributed by atoms with Crippen molar-refractivity contribution in [1.82, 2.24) is 20.2 Å². The smallest absolute Gasteiger partial charge is 0.407 e. The van der Waals surface area contributed by atoms with Crippen molar-refractivity contribution in [2.24, 2.45) is 0 Å². The number of rotatable bonds is 7. The lowest BCUT2D eigenvalue weighted by Crippen LogP contribution is -2.53. The van der Waals surface area contributed by atoms with Crippen LogP contribution in [-0.2, 0) is 20.7 Å². The van der Waals surface area contributed by atoms with Gasteiger partial charge in [0, 0.05) is 30.0 Å². The molecule has 180 valence electrons. The van der Waals surface area contributed by atoms with E-state index < -0.39 is 30.1 Å². The number of imidazole rings is 1. The molecule has 2 atom stereocenters. The van der Waals surface area contributed by atoms with E-state index in [0.29, 0.717) is 11.4 Å². The Balaban J connectivity index is 1.30. The highest BCUT2D eigenvalue weighted by atomic mass is 32.2. The summed E-state index contributed by atoms with van der Waals surface area (Å²) in [6.45, 7) is 0.113. The molecule has 0 saturated carbocycles. The molecule has 1 fully saturated rings. The molecule has 3 aromatic rings. The number of alkyl carbamates (subject to hydrolysis) is 1. The molecule has 3 N–H and O–H groups in total. The normalized spacial score (nSPS) is 17.5. The first-order chi connectivity index (χ1) is 17.0. The van der Waals surface area contributed by atoms with Crippen molar-refractivity contribution >= 4 is 29.7 Å². The van der Waals surface area contributed by atoms with E-state index in [9.17, 15) is 19.5 Å². The third kappa shape index (κ3) is 4.61. The summed E-state index contributed by atoms with van der Waals surface area (Å²) in [7, 11) is 0. The van der Waals surface area contributed by atoms with Crippen LogP contribution in [0.5, 0.6) is 0 Å². The Morgan fingerprint density at radius 1 is 1.14 bits per heavy atom. The van der Waals surface area contributed by atoms with Crippen LogP contribution >= 0.6 is 11.8 Å². The zero-order chi connectivity index (χ0) is 24.4. The maximum absolute atomic E-state index is 13.3. The quantitative estimate of drug-likeness (QED) is 0.463. The molecule has 1 aliphatic heterocycles. The van der Waals surface area contributed by atoms with Gasteiger partial charge in [0.1, 0.15) is 18.7 Å². The van der Waals surface area contributed by atoms with Crippen LogP contribution in [0.3, 0.4) is 0 Å². The number of aromatic amines is 1. The number of carboxylic acids is 1. The second-order valence-corrected chi connectivity index (χ2v) is 9.47. The molecule has 2 aromatic carbocycles. The Morgan fingerprint density at radius 2 is 1.83 bits per heavy atom. The van der Waals surface area contributed by atoms with Crippen molar-refractivity contribution in [3.63, 3.8) is 0 Å². The summed E-state index contributed by atoms with van der Waals surface area (Å²) in [5.41, 5.74) is 5.06. The van der Waals surface area contributed by atoms with Gasteiger partial charge in [-0.3, -0.25) is 4.79 Å². The first-order valence-corrected chi connectivity index (χ1v) is 12.4.